The summed E-state index contributed by atoms with van der Waals surface area (Å²) in [6.07, 6.45) is 2.30. The SMILES string of the molecule is O=C([C@@H]1CCCO1)N1CCc2ccccc2[C@@H]1CO. The zero-order chi connectivity index (χ0) is 13.2. The van der Waals surface area contributed by atoms with Crippen molar-refractivity contribution in [1.29, 1.82) is 0 Å². The molecular weight excluding hydrogens is 242 g/mol. The van der Waals surface area contributed by atoms with Crippen molar-refractivity contribution in [3.8, 4) is 0 Å². The molecule has 1 saturated heterocycles. The Bertz CT molecular complexity index is 468. The average Bonchev–Trinajstić information content (AvgIpc) is 2.99. The molecule has 102 valence electrons. The van der Waals surface area contributed by atoms with Crippen LogP contribution in [0.15, 0.2) is 24.3 Å². The number of aliphatic hydroxyl groups is 1. The van der Waals surface area contributed by atoms with Crippen molar-refractivity contribution in [2.24, 2.45) is 0 Å². The fourth-order valence-electron chi connectivity index (χ4n) is 3.07. The molecule has 19 heavy (non-hydrogen) atoms. The molecule has 0 aliphatic carbocycles. The lowest BCUT2D eigenvalue weighted by Gasteiger charge is -2.37. The van der Waals surface area contributed by atoms with Crippen molar-refractivity contribution < 1.29 is 14.6 Å². The molecule has 0 spiro atoms. The van der Waals surface area contributed by atoms with Crippen LogP contribution in [-0.2, 0) is 16.0 Å². The summed E-state index contributed by atoms with van der Waals surface area (Å²) in [6, 6.07) is 7.82. The van der Waals surface area contributed by atoms with E-state index in [0.29, 0.717) is 13.2 Å². The van der Waals surface area contributed by atoms with Gasteiger partial charge in [0, 0.05) is 13.2 Å². The van der Waals surface area contributed by atoms with Crippen LogP contribution in [0.1, 0.15) is 30.0 Å². The average molecular weight is 261 g/mol. The van der Waals surface area contributed by atoms with Crippen molar-refractivity contribution in [3.05, 3.63) is 35.4 Å². The summed E-state index contributed by atoms with van der Waals surface area (Å²) in [5.74, 6) is 0.0334. The number of benzene rings is 1. The Labute approximate surface area is 113 Å². The Balaban J connectivity index is 1.85. The molecule has 0 unspecified atom stereocenters. The van der Waals surface area contributed by atoms with Gasteiger partial charge in [-0.1, -0.05) is 24.3 Å². The van der Waals surface area contributed by atoms with Crippen LogP contribution in [0.25, 0.3) is 0 Å². The molecule has 1 aromatic rings. The van der Waals surface area contributed by atoms with Gasteiger partial charge in [-0.25, -0.2) is 0 Å². The molecular formula is C15H19NO3. The van der Waals surface area contributed by atoms with Crippen LogP contribution in [0.3, 0.4) is 0 Å². The number of nitrogens with zero attached hydrogens (tertiary/aromatic N) is 1. The number of rotatable bonds is 2. The van der Waals surface area contributed by atoms with Crippen molar-refractivity contribution in [3.63, 3.8) is 0 Å². The van der Waals surface area contributed by atoms with Gasteiger partial charge in [-0.15, -0.1) is 0 Å². The summed E-state index contributed by atoms with van der Waals surface area (Å²) in [7, 11) is 0. The first-order valence-electron chi connectivity index (χ1n) is 6.92. The molecule has 0 aromatic heterocycles. The van der Waals surface area contributed by atoms with Gasteiger partial charge < -0.3 is 14.7 Å². The van der Waals surface area contributed by atoms with Crippen molar-refractivity contribution in [2.75, 3.05) is 19.8 Å². The molecule has 2 aliphatic heterocycles. The van der Waals surface area contributed by atoms with Gasteiger partial charge in [0.2, 0.25) is 0 Å². The molecule has 0 saturated carbocycles. The van der Waals surface area contributed by atoms with Crippen LogP contribution in [0, 0.1) is 0 Å². The van der Waals surface area contributed by atoms with Gasteiger partial charge in [-0.2, -0.15) is 0 Å². The molecule has 1 fully saturated rings. The number of carbonyl (C=O) groups is 1. The summed E-state index contributed by atoms with van der Waals surface area (Å²) in [5, 5.41) is 9.67. The Morgan fingerprint density at radius 2 is 2.26 bits per heavy atom. The Hall–Kier alpha value is -1.39. The van der Waals surface area contributed by atoms with Gasteiger partial charge in [0.15, 0.2) is 0 Å². The fourth-order valence-corrected chi connectivity index (χ4v) is 3.07. The van der Waals surface area contributed by atoms with Gasteiger partial charge >= 0.3 is 0 Å². The van der Waals surface area contributed by atoms with Crippen LogP contribution in [0.5, 0.6) is 0 Å². The molecule has 4 nitrogen and oxygen atoms in total. The van der Waals surface area contributed by atoms with E-state index in [1.165, 1.54) is 5.56 Å². The molecule has 1 N–H and O–H groups in total. The largest absolute Gasteiger partial charge is 0.394 e. The normalized spacial score (nSPS) is 26.3. The van der Waals surface area contributed by atoms with E-state index in [2.05, 4.69) is 6.07 Å². The van der Waals surface area contributed by atoms with Crippen molar-refractivity contribution in [1.82, 2.24) is 4.90 Å². The van der Waals surface area contributed by atoms with E-state index in [-0.39, 0.29) is 24.7 Å². The second-order valence-corrected chi connectivity index (χ2v) is 5.18. The minimum Gasteiger partial charge on any atom is -0.394 e. The van der Waals surface area contributed by atoms with E-state index in [1.807, 2.05) is 18.2 Å². The second-order valence-electron chi connectivity index (χ2n) is 5.18. The summed E-state index contributed by atoms with van der Waals surface area (Å²) in [4.78, 5) is 14.3. The van der Waals surface area contributed by atoms with Crippen LogP contribution in [0.2, 0.25) is 0 Å². The summed E-state index contributed by atoms with van der Waals surface area (Å²) in [5.41, 5.74) is 2.31. The lowest BCUT2D eigenvalue weighted by atomic mass is 9.92. The number of amides is 1. The highest BCUT2D eigenvalue weighted by molar-refractivity contribution is 5.82. The smallest absolute Gasteiger partial charge is 0.252 e. The standard InChI is InChI=1S/C15H19NO3/c17-10-13-12-5-2-1-4-11(12)7-8-16(13)15(18)14-6-3-9-19-14/h1-2,4-5,13-14,17H,3,6-10H2/t13-,14-/m0/s1. The highest BCUT2D eigenvalue weighted by atomic mass is 16.5. The monoisotopic (exact) mass is 261 g/mol. The molecule has 2 atom stereocenters. The lowest BCUT2D eigenvalue weighted by molar-refractivity contribution is -0.145. The zero-order valence-corrected chi connectivity index (χ0v) is 10.9. The van der Waals surface area contributed by atoms with Crippen LogP contribution < -0.4 is 0 Å². The Kier molecular flexibility index (Phi) is 3.53. The third-order valence-electron chi connectivity index (χ3n) is 4.07. The van der Waals surface area contributed by atoms with Crippen LogP contribution >= 0.6 is 0 Å². The second kappa shape index (κ2) is 5.31. The van der Waals surface area contributed by atoms with Gasteiger partial charge in [0.05, 0.1) is 12.6 Å². The van der Waals surface area contributed by atoms with E-state index in [4.69, 9.17) is 4.74 Å². The minimum absolute atomic E-state index is 0.0323. The van der Waals surface area contributed by atoms with Gasteiger partial charge in [0.25, 0.3) is 5.91 Å². The van der Waals surface area contributed by atoms with E-state index in [9.17, 15) is 9.90 Å². The third-order valence-corrected chi connectivity index (χ3v) is 4.07. The van der Waals surface area contributed by atoms with Gasteiger partial charge in [0.1, 0.15) is 6.10 Å². The first-order valence-corrected chi connectivity index (χ1v) is 6.92. The van der Waals surface area contributed by atoms with E-state index < -0.39 is 0 Å². The Morgan fingerprint density at radius 1 is 1.42 bits per heavy atom. The molecule has 0 bridgehead atoms. The minimum atomic E-state index is -0.306. The predicted octanol–water partition coefficient (Wildman–Crippen LogP) is 1.28. The fraction of sp³-hybridized carbons (Fsp3) is 0.533. The molecule has 1 aromatic carbocycles. The number of hydrogen-bond donors (Lipinski definition) is 1. The maximum atomic E-state index is 12.5. The summed E-state index contributed by atoms with van der Waals surface area (Å²) in [6.45, 7) is 1.31. The number of hydrogen-bond acceptors (Lipinski definition) is 3. The number of carbonyl (C=O) groups excluding carboxylic acids is 1. The third kappa shape index (κ3) is 2.26. The summed E-state index contributed by atoms with van der Waals surface area (Å²) < 4.78 is 5.48. The maximum Gasteiger partial charge on any atom is 0.252 e. The van der Waals surface area contributed by atoms with Gasteiger partial charge in [-0.05, 0) is 30.4 Å². The number of ether oxygens (including phenoxy) is 1. The zero-order valence-electron chi connectivity index (χ0n) is 10.9. The van der Waals surface area contributed by atoms with Crippen molar-refractivity contribution in [2.45, 2.75) is 31.4 Å². The quantitative estimate of drug-likeness (QED) is 0.872. The van der Waals surface area contributed by atoms with Crippen LogP contribution in [-0.4, -0.2) is 41.8 Å². The topological polar surface area (TPSA) is 49.8 Å². The van der Waals surface area contributed by atoms with Crippen LogP contribution in [0.4, 0.5) is 0 Å². The highest BCUT2D eigenvalue weighted by Gasteiger charge is 2.35. The predicted molar refractivity (Wildman–Crippen MR) is 70.7 cm³/mol. The first-order chi connectivity index (χ1) is 9.31. The molecule has 4 heteroatoms. The maximum absolute atomic E-state index is 12.5. The Morgan fingerprint density at radius 3 is 3.00 bits per heavy atom. The van der Waals surface area contributed by atoms with Crippen molar-refractivity contribution >= 4 is 5.91 Å². The summed E-state index contributed by atoms with van der Waals surface area (Å²) >= 11 is 0. The molecule has 3 rings (SSSR count). The molecule has 2 heterocycles. The number of aliphatic hydroxyl groups excluding tert-OH is 1. The van der Waals surface area contributed by atoms with E-state index in [0.717, 1.165) is 24.8 Å². The first kappa shape index (κ1) is 12.6. The van der Waals surface area contributed by atoms with Gasteiger partial charge in [-0.3, -0.25) is 4.79 Å². The molecule has 2 aliphatic rings. The molecule has 0 radical (unpaired) electrons. The van der Waals surface area contributed by atoms with E-state index in [1.54, 1.807) is 4.90 Å². The highest BCUT2D eigenvalue weighted by Crippen LogP contribution is 2.31. The lowest BCUT2D eigenvalue weighted by Crippen LogP contribution is -2.46. The van der Waals surface area contributed by atoms with E-state index >= 15 is 0 Å². The number of fused-ring (bicyclic) bond motifs is 1. The molecule has 1 amide bonds.